The predicted molar refractivity (Wildman–Crippen MR) is 66.7 cm³/mol. The molecule has 84 valence electrons. The van der Waals surface area contributed by atoms with Gasteiger partial charge in [0.2, 0.25) is 0 Å². The zero-order valence-corrected chi connectivity index (χ0v) is 9.82. The molecule has 0 saturated carbocycles. The number of nitrogens with two attached hydrogens (primary N) is 1. The predicted octanol–water partition coefficient (Wildman–Crippen LogP) is 2.91. The maximum atomic E-state index is 5.70. The second-order valence-corrected chi connectivity index (χ2v) is 4.21. The number of aromatic nitrogens is 1. The average molecular weight is 216 g/mol. The van der Waals surface area contributed by atoms with Gasteiger partial charge in [-0.1, -0.05) is 0 Å². The lowest BCUT2D eigenvalue weighted by Crippen LogP contribution is -2.05. The van der Waals surface area contributed by atoms with Crippen LogP contribution in [0.25, 0.3) is 10.9 Å². The van der Waals surface area contributed by atoms with E-state index < -0.39 is 0 Å². The molecule has 1 heterocycles. The second kappa shape index (κ2) is 4.00. The fourth-order valence-corrected chi connectivity index (χ4v) is 1.74. The molecule has 3 heteroatoms. The van der Waals surface area contributed by atoms with Gasteiger partial charge in [-0.15, -0.1) is 0 Å². The van der Waals surface area contributed by atoms with E-state index in [2.05, 4.69) is 4.98 Å². The standard InChI is InChI=1S/C13H16N2O/c1-8(2)16-10-4-5-12-11(7-10)9(3)6-13(14)15-12/h4-8H,1-3H3,(H2,14,15). The maximum Gasteiger partial charge on any atom is 0.124 e. The molecule has 0 aliphatic carbocycles. The molecular formula is C13H16N2O. The molecule has 0 aliphatic heterocycles. The van der Waals surface area contributed by atoms with Crippen molar-refractivity contribution >= 4 is 16.7 Å². The van der Waals surface area contributed by atoms with Crippen molar-refractivity contribution in [2.45, 2.75) is 26.9 Å². The Kier molecular flexibility index (Phi) is 2.69. The number of nitrogens with zero attached hydrogens (tertiary/aromatic N) is 1. The van der Waals surface area contributed by atoms with Crippen LogP contribution in [-0.2, 0) is 0 Å². The molecule has 16 heavy (non-hydrogen) atoms. The van der Waals surface area contributed by atoms with Crippen LogP contribution in [0.1, 0.15) is 19.4 Å². The van der Waals surface area contributed by atoms with E-state index in [1.165, 1.54) is 0 Å². The SMILES string of the molecule is Cc1cc(N)nc2ccc(OC(C)C)cc12. The Hall–Kier alpha value is -1.77. The summed E-state index contributed by atoms with van der Waals surface area (Å²) in [6, 6.07) is 7.75. The first-order valence-corrected chi connectivity index (χ1v) is 5.40. The van der Waals surface area contributed by atoms with Crippen molar-refractivity contribution in [3.63, 3.8) is 0 Å². The molecule has 0 atom stereocenters. The molecule has 0 aliphatic rings. The lowest BCUT2D eigenvalue weighted by Gasteiger charge is -2.11. The summed E-state index contributed by atoms with van der Waals surface area (Å²) < 4.78 is 5.65. The first kappa shape index (κ1) is 10.7. The summed E-state index contributed by atoms with van der Waals surface area (Å²) in [5, 5.41) is 1.09. The fraction of sp³-hybridized carbons (Fsp3) is 0.308. The van der Waals surface area contributed by atoms with Gasteiger partial charge in [0.1, 0.15) is 11.6 Å². The molecule has 0 spiro atoms. The van der Waals surface area contributed by atoms with Crippen molar-refractivity contribution in [2.24, 2.45) is 0 Å². The van der Waals surface area contributed by atoms with Gasteiger partial charge < -0.3 is 10.5 Å². The molecule has 0 radical (unpaired) electrons. The summed E-state index contributed by atoms with van der Waals surface area (Å²) in [5.41, 5.74) is 7.73. The van der Waals surface area contributed by atoms with Crippen molar-refractivity contribution in [3.8, 4) is 5.75 Å². The van der Waals surface area contributed by atoms with E-state index in [1.54, 1.807) is 0 Å². The molecule has 1 aromatic heterocycles. The molecule has 0 bridgehead atoms. The van der Waals surface area contributed by atoms with Crippen molar-refractivity contribution < 1.29 is 4.74 Å². The number of nitrogen functional groups attached to an aromatic ring is 1. The van der Waals surface area contributed by atoms with Gasteiger partial charge in [0.25, 0.3) is 0 Å². The van der Waals surface area contributed by atoms with Crippen molar-refractivity contribution in [2.75, 3.05) is 5.73 Å². The number of rotatable bonds is 2. The molecule has 0 unspecified atom stereocenters. The quantitative estimate of drug-likeness (QED) is 0.839. The van der Waals surface area contributed by atoms with Crippen LogP contribution in [0.5, 0.6) is 5.75 Å². The minimum Gasteiger partial charge on any atom is -0.491 e. The zero-order valence-electron chi connectivity index (χ0n) is 9.82. The van der Waals surface area contributed by atoms with Gasteiger partial charge in [0.15, 0.2) is 0 Å². The number of pyridine rings is 1. The van der Waals surface area contributed by atoms with Gasteiger partial charge in [-0.3, -0.25) is 0 Å². The third-order valence-electron chi connectivity index (χ3n) is 2.38. The number of fused-ring (bicyclic) bond motifs is 1. The highest BCUT2D eigenvalue weighted by Crippen LogP contribution is 2.24. The Morgan fingerprint density at radius 3 is 2.69 bits per heavy atom. The van der Waals surface area contributed by atoms with Gasteiger partial charge in [0.05, 0.1) is 11.6 Å². The monoisotopic (exact) mass is 216 g/mol. The summed E-state index contributed by atoms with van der Waals surface area (Å²) in [4.78, 5) is 4.28. The Labute approximate surface area is 95.2 Å². The highest BCUT2D eigenvalue weighted by atomic mass is 16.5. The Bertz CT molecular complexity index is 521. The summed E-state index contributed by atoms with van der Waals surface area (Å²) in [5.74, 6) is 1.43. The number of benzene rings is 1. The van der Waals surface area contributed by atoms with Crippen LogP contribution < -0.4 is 10.5 Å². The summed E-state index contributed by atoms with van der Waals surface area (Å²) in [6.45, 7) is 6.05. The average Bonchev–Trinajstić information content (AvgIpc) is 2.18. The van der Waals surface area contributed by atoms with Gasteiger partial charge >= 0.3 is 0 Å². The highest BCUT2D eigenvalue weighted by Gasteiger charge is 2.04. The molecule has 2 rings (SSSR count). The number of hydrogen-bond acceptors (Lipinski definition) is 3. The van der Waals surface area contributed by atoms with E-state index in [4.69, 9.17) is 10.5 Å². The smallest absolute Gasteiger partial charge is 0.124 e. The van der Waals surface area contributed by atoms with Gasteiger partial charge in [0, 0.05) is 5.39 Å². The third-order valence-corrected chi connectivity index (χ3v) is 2.38. The van der Waals surface area contributed by atoms with Crippen LogP contribution in [0, 0.1) is 6.92 Å². The van der Waals surface area contributed by atoms with Crippen molar-refractivity contribution in [1.29, 1.82) is 0 Å². The molecule has 2 N–H and O–H groups in total. The fourth-order valence-electron chi connectivity index (χ4n) is 1.74. The van der Waals surface area contributed by atoms with Crippen molar-refractivity contribution in [1.82, 2.24) is 4.98 Å². The minimum absolute atomic E-state index is 0.180. The summed E-state index contributed by atoms with van der Waals surface area (Å²) in [6.07, 6.45) is 0.180. The third kappa shape index (κ3) is 2.08. The maximum absolute atomic E-state index is 5.70. The van der Waals surface area contributed by atoms with Crippen LogP contribution in [0.15, 0.2) is 24.3 Å². The molecule has 2 aromatic rings. The number of aryl methyl sites for hydroxylation is 1. The van der Waals surface area contributed by atoms with E-state index >= 15 is 0 Å². The van der Waals surface area contributed by atoms with E-state index in [-0.39, 0.29) is 6.10 Å². The highest BCUT2D eigenvalue weighted by molar-refractivity contribution is 5.84. The topological polar surface area (TPSA) is 48.1 Å². The molecule has 0 saturated heterocycles. The van der Waals surface area contributed by atoms with Crippen LogP contribution >= 0.6 is 0 Å². The zero-order chi connectivity index (χ0) is 11.7. The minimum atomic E-state index is 0.180. The Morgan fingerprint density at radius 2 is 2.00 bits per heavy atom. The first-order chi connectivity index (χ1) is 7.56. The number of ether oxygens (including phenoxy) is 1. The van der Waals surface area contributed by atoms with Crippen LogP contribution in [-0.4, -0.2) is 11.1 Å². The number of anilines is 1. The molecule has 3 nitrogen and oxygen atoms in total. The Morgan fingerprint density at radius 1 is 1.25 bits per heavy atom. The molecule has 0 fully saturated rings. The molecular weight excluding hydrogens is 200 g/mol. The second-order valence-electron chi connectivity index (χ2n) is 4.21. The normalized spacial score (nSPS) is 11.0. The lowest BCUT2D eigenvalue weighted by atomic mass is 10.1. The van der Waals surface area contributed by atoms with Gasteiger partial charge in [-0.2, -0.15) is 0 Å². The van der Waals surface area contributed by atoms with E-state index in [0.717, 1.165) is 22.2 Å². The lowest BCUT2D eigenvalue weighted by molar-refractivity contribution is 0.243. The first-order valence-electron chi connectivity index (χ1n) is 5.40. The van der Waals surface area contributed by atoms with Crippen LogP contribution in [0.3, 0.4) is 0 Å². The van der Waals surface area contributed by atoms with E-state index in [0.29, 0.717) is 5.82 Å². The van der Waals surface area contributed by atoms with Crippen LogP contribution in [0.4, 0.5) is 5.82 Å². The summed E-state index contributed by atoms with van der Waals surface area (Å²) >= 11 is 0. The van der Waals surface area contributed by atoms with Crippen molar-refractivity contribution in [3.05, 3.63) is 29.8 Å². The van der Waals surface area contributed by atoms with Gasteiger partial charge in [-0.05, 0) is 50.6 Å². The van der Waals surface area contributed by atoms with E-state index in [9.17, 15) is 0 Å². The van der Waals surface area contributed by atoms with Gasteiger partial charge in [-0.25, -0.2) is 4.98 Å². The number of hydrogen-bond donors (Lipinski definition) is 1. The Balaban J connectivity index is 2.53. The molecule has 1 aromatic carbocycles. The van der Waals surface area contributed by atoms with E-state index in [1.807, 2.05) is 45.0 Å². The largest absolute Gasteiger partial charge is 0.491 e. The van der Waals surface area contributed by atoms with Crippen LogP contribution in [0.2, 0.25) is 0 Å². The summed E-state index contributed by atoms with van der Waals surface area (Å²) in [7, 11) is 0. The molecule has 0 amide bonds.